The van der Waals surface area contributed by atoms with Crippen LogP contribution in [0.2, 0.25) is 0 Å². The summed E-state index contributed by atoms with van der Waals surface area (Å²) < 4.78 is 18.7. The summed E-state index contributed by atoms with van der Waals surface area (Å²) in [5.41, 5.74) is 0.559. The summed E-state index contributed by atoms with van der Waals surface area (Å²) in [6.45, 7) is 3.77. The topological polar surface area (TPSA) is 78.7 Å². The van der Waals surface area contributed by atoms with Gasteiger partial charge in [0.2, 0.25) is 0 Å². The lowest BCUT2D eigenvalue weighted by atomic mass is 9.71. The zero-order valence-electron chi connectivity index (χ0n) is 18.2. The molecular formula is C23H30N4O4. The van der Waals surface area contributed by atoms with E-state index in [4.69, 9.17) is 14.2 Å². The lowest BCUT2D eigenvalue weighted by Crippen LogP contribution is -2.37. The SMILES string of the molecule is COc1cc(OC)cc(C(=O)N2CC(c3nncn3CC3CC3)C3(CCOCC3)C2)c1. The van der Waals surface area contributed by atoms with Crippen LogP contribution < -0.4 is 9.47 Å². The van der Waals surface area contributed by atoms with Gasteiger partial charge in [-0.05, 0) is 43.7 Å². The number of hydrogen-bond donors (Lipinski definition) is 0. The Balaban J connectivity index is 1.45. The second-order valence-electron chi connectivity index (χ2n) is 9.10. The van der Waals surface area contributed by atoms with Crippen molar-refractivity contribution in [2.45, 2.75) is 38.1 Å². The molecule has 31 heavy (non-hydrogen) atoms. The monoisotopic (exact) mass is 426 g/mol. The van der Waals surface area contributed by atoms with Gasteiger partial charge in [-0.3, -0.25) is 4.79 Å². The summed E-state index contributed by atoms with van der Waals surface area (Å²) >= 11 is 0. The first-order chi connectivity index (χ1) is 15.1. The largest absolute Gasteiger partial charge is 0.497 e. The lowest BCUT2D eigenvalue weighted by Gasteiger charge is -2.37. The van der Waals surface area contributed by atoms with Crippen molar-refractivity contribution in [1.29, 1.82) is 0 Å². The summed E-state index contributed by atoms with van der Waals surface area (Å²) in [6, 6.07) is 5.35. The number of benzene rings is 1. The highest BCUT2D eigenvalue weighted by atomic mass is 16.5. The highest BCUT2D eigenvalue weighted by molar-refractivity contribution is 5.95. The number of amides is 1. The zero-order valence-corrected chi connectivity index (χ0v) is 18.2. The normalized spacial score (nSPS) is 22.6. The minimum absolute atomic E-state index is 0.00109. The average Bonchev–Trinajstić information content (AvgIpc) is 3.39. The van der Waals surface area contributed by atoms with E-state index < -0.39 is 0 Å². The molecule has 0 N–H and O–H groups in total. The van der Waals surface area contributed by atoms with Crippen LogP contribution in [0, 0.1) is 11.3 Å². The molecule has 1 unspecified atom stereocenters. The average molecular weight is 427 g/mol. The number of nitrogens with zero attached hydrogens (tertiary/aromatic N) is 4. The van der Waals surface area contributed by atoms with Crippen LogP contribution >= 0.6 is 0 Å². The number of ether oxygens (including phenoxy) is 3. The van der Waals surface area contributed by atoms with Crippen LogP contribution in [0.4, 0.5) is 0 Å². The molecule has 0 bridgehead atoms. The molecule has 0 radical (unpaired) electrons. The van der Waals surface area contributed by atoms with E-state index in [0.717, 1.165) is 44.3 Å². The van der Waals surface area contributed by atoms with E-state index in [1.165, 1.54) is 12.8 Å². The van der Waals surface area contributed by atoms with Gasteiger partial charge in [-0.25, -0.2) is 0 Å². The minimum atomic E-state index is -0.0226. The maximum atomic E-state index is 13.5. The van der Waals surface area contributed by atoms with Crippen molar-refractivity contribution in [3.05, 3.63) is 35.9 Å². The van der Waals surface area contributed by atoms with E-state index in [1.807, 2.05) is 11.2 Å². The number of likely N-dealkylation sites (tertiary alicyclic amines) is 1. The fourth-order valence-corrected chi connectivity index (χ4v) is 5.13. The van der Waals surface area contributed by atoms with Crippen LogP contribution in [-0.2, 0) is 11.3 Å². The molecule has 2 saturated heterocycles. The minimum Gasteiger partial charge on any atom is -0.497 e. The zero-order chi connectivity index (χ0) is 21.4. The summed E-state index contributed by atoms with van der Waals surface area (Å²) in [7, 11) is 3.19. The number of methoxy groups -OCH3 is 2. The molecular weight excluding hydrogens is 396 g/mol. The Morgan fingerprint density at radius 2 is 1.87 bits per heavy atom. The molecule has 1 atom stereocenters. The first-order valence-electron chi connectivity index (χ1n) is 11.1. The van der Waals surface area contributed by atoms with Crippen LogP contribution in [-0.4, -0.2) is 66.1 Å². The second kappa shape index (κ2) is 8.15. The molecule has 166 valence electrons. The van der Waals surface area contributed by atoms with Crippen LogP contribution in [0.1, 0.15) is 47.8 Å². The van der Waals surface area contributed by atoms with Gasteiger partial charge in [0.25, 0.3) is 5.91 Å². The Labute approximate surface area is 182 Å². The van der Waals surface area contributed by atoms with E-state index in [0.29, 0.717) is 30.2 Å². The smallest absolute Gasteiger partial charge is 0.254 e. The molecule has 1 saturated carbocycles. The fraction of sp³-hybridized carbons (Fsp3) is 0.609. The molecule has 1 aromatic heterocycles. The van der Waals surface area contributed by atoms with Crippen molar-refractivity contribution in [1.82, 2.24) is 19.7 Å². The van der Waals surface area contributed by atoms with E-state index in [2.05, 4.69) is 14.8 Å². The first-order valence-corrected chi connectivity index (χ1v) is 11.1. The summed E-state index contributed by atoms with van der Waals surface area (Å²) in [5, 5.41) is 8.79. The number of aromatic nitrogens is 3. The van der Waals surface area contributed by atoms with Gasteiger partial charge in [0, 0.05) is 55.8 Å². The van der Waals surface area contributed by atoms with Crippen molar-refractivity contribution >= 4 is 5.91 Å². The van der Waals surface area contributed by atoms with Crippen LogP contribution in [0.15, 0.2) is 24.5 Å². The third-order valence-electron chi connectivity index (χ3n) is 7.13. The number of hydrogen-bond acceptors (Lipinski definition) is 6. The highest BCUT2D eigenvalue weighted by Gasteiger charge is 2.51. The van der Waals surface area contributed by atoms with E-state index in [1.54, 1.807) is 32.4 Å². The molecule has 8 heteroatoms. The Morgan fingerprint density at radius 3 is 2.52 bits per heavy atom. The van der Waals surface area contributed by atoms with Gasteiger partial charge in [-0.15, -0.1) is 10.2 Å². The molecule has 5 rings (SSSR count). The fourth-order valence-electron chi connectivity index (χ4n) is 5.13. The Hall–Kier alpha value is -2.61. The predicted molar refractivity (Wildman–Crippen MR) is 113 cm³/mol. The van der Waals surface area contributed by atoms with Gasteiger partial charge in [-0.1, -0.05) is 0 Å². The molecule has 3 heterocycles. The van der Waals surface area contributed by atoms with Gasteiger partial charge in [0.05, 0.1) is 14.2 Å². The van der Waals surface area contributed by atoms with E-state index in [-0.39, 0.29) is 17.2 Å². The summed E-state index contributed by atoms with van der Waals surface area (Å²) in [5.74, 6) is 3.15. The second-order valence-corrected chi connectivity index (χ2v) is 9.10. The lowest BCUT2D eigenvalue weighted by molar-refractivity contribution is 0.0107. The van der Waals surface area contributed by atoms with E-state index >= 15 is 0 Å². The van der Waals surface area contributed by atoms with Crippen LogP contribution in [0.3, 0.4) is 0 Å². The molecule has 1 aromatic carbocycles. The molecule has 8 nitrogen and oxygen atoms in total. The van der Waals surface area contributed by atoms with Crippen molar-refractivity contribution in [2.75, 3.05) is 40.5 Å². The first kappa shape index (κ1) is 20.3. The van der Waals surface area contributed by atoms with Gasteiger partial charge >= 0.3 is 0 Å². The Morgan fingerprint density at radius 1 is 1.16 bits per heavy atom. The quantitative estimate of drug-likeness (QED) is 0.707. The molecule has 3 aliphatic rings. The molecule has 1 aliphatic carbocycles. The van der Waals surface area contributed by atoms with Gasteiger partial charge in [0.15, 0.2) is 0 Å². The summed E-state index contributed by atoms with van der Waals surface area (Å²) in [6.07, 6.45) is 6.28. The molecule has 2 aromatic rings. The maximum Gasteiger partial charge on any atom is 0.254 e. The Kier molecular flexibility index (Phi) is 5.33. The van der Waals surface area contributed by atoms with Gasteiger partial charge < -0.3 is 23.7 Å². The van der Waals surface area contributed by atoms with Crippen molar-refractivity contribution in [3.8, 4) is 11.5 Å². The van der Waals surface area contributed by atoms with E-state index in [9.17, 15) is 4.79 Å². The molecule has 1 spiro atoms. The highest BCUT2D eigenvalue weighted by Crippen LogP contribution is 2.49. The standard InChI is InChI=1S/C23H30N4O4/c1-29-18-9-17(10-19(11-18)30-2)22(28)26-13-20(23(14-26)5-7-31-8-6-23)21-25-24-15-27(21)12-16-3-4-16/h9-11,15-16,20H,3-8,12-14H2,1-2H3. The van der Waals surface area contributed by atoms with Gasteiger partial charge in [0.1, 0.15) is 23.7 Å². The number of rotatable bonds is 6. The predicted octanol–water partition coefficient (Wildman–Crippen LogP) is 2.74. The molecule has 1 amide bonds. The number of carbonyl (C=O) groups excluding carboxylic acids is 1. The van der Waals surface area contributed by atoms with Crippen molar-refractivity contribution < 1.29 is 19.0 Å². The van der Waals surface area contributed by atoms with Crippen LogP contribution in [0.25, 0.3) is 0 Å². The van der Waals surface area contributed by atoms with Gasteiger partial charge in [-0.2, -0.15) is 0 Å². The van der Waals surface area contributed by atoms with Crippen molar-refractivity contribution in [2.24, 2.45) is 11.3 Å². The van der Waals surface area contributed by atoms with Crippen molar-refractivity contribution in [3.63, 3.8) is 0 Å². The molecule has 2 aliphatic heterocycles. The third-order valence-corrected chi connectivity index (χ3v) is 7.13. The van der Waals surface area contributed by atoms with Crippen LogP contribution in [0.5, 0.6) is 11.5 Å². The Bertz CT molecular complexity index is 927. The number of carbonyl (C=O) groups is 1. The molecule has 3 fully saturated rings. The third kappa shape index (κ3) is 3.89. The summed E-state index contributed by atoms with van der Waals surface area (Å²) in [4.78, 5) is 15.5. The maximum absolute atomic E-state index is 13.5.